The summed E-state index contributed by atoms with van der Waals surface area (Å²) in [7, 11) is 0. The fourth-order valence-corrected chi connectivity index (χ4v) is 3.23. The molecular weight excluding hydrogens is 356 g/mol. The summed E-state index contributed by atoms with van der Waals surface area (Å²) in [4.78, 5) is 27.5. The number of hydrogen-bond donors (Lipinski definition) is 4. The van der Waals surface area contributed by atoms with E-state index in [1.54, 1.807) is 13.1 Å². The van der Waals surface area contributed by atoms with Gasteiger partial charge in [0.25, 0.3) is 5.91 Å². The van der Waals surface area contributed by atoms with Crippen LogP contribution in [0.5, 0.6) is 0 Å². The van der Waals surface area contributed by atoms with E-state index in [1.807, 2.05) is 54.6 Å². The molecule has 0 bridgehead atoms. The fraction of sp³-hybridized carbons (Fsp3) is 0.238. The molecule has 7 nitrogen and oxygen atoms in total. The monoisotopic (exact) mass is 380 g/mol. The number of amides is 2. The van der Waals surface area contributed by atoms with E-state index in [0.29, 0.717) is 0 Å². The number of primary amides is 1. The largest absolute Gasteiger partial charge is 0.433 e. The van der Waals surface area contributed by atoms with Crippen molar-refractivity contribution in [2.24, 2.45) is 11.5 Å². The first-order chi connectivity index (χ1) is 13.4. The number of hydrogen-bond acceptors (Lipinski definition) is 4. The Hall–Kier alpha value is -3.32. The Kier molecular flexibility index (Phi) is 5.65. The van der Waals surface area contributed by atoms with Crippen molar-refractivity contribution < 1.29 is 14.3 Å². The van der Waals surface area contributed by atoms with Crippen LogP contribution >= 0.6 is 0 Å². The van der Waals surface area contributed by atoms with Crippen molar-refractivity contribution in [2.45, 2.75) is 25.0 Å². The van der Waals surface area contributed by atoms with Gasteiger partial charge in [0, 0.05) is 36.1 Å². The minimum Gasteiger partial charge on any atom is -0.433 e. The van der Waals surface area contributed by atoms with Crippen LogP contribution in [0.15, 0.2) is 60.8 Å². The van der Waals surface area contributed by atoms with E-state index in [-0.39, 0.29) is 19.0 Å². The van der Waals surface area contributed by atoms with Crippen LogP contribution in [0.1, 0.15) is 24.1 Å². The normalized spacial score (nSPS) is 14.2. The van der Waals surface area contributed by atoms with Crippen molar-refractivity contribution in [3.05, 3.63) is 71.9 Å². The Morgan fingerprint density at radius 2 is 1.82 bits per heavy atom. The summed E-state index contributed by atoms with van der Waals surface area (Å²) in [5.74, 6) is -0.456. The standard InChI is InChI=1S/C21H24N4O3/c1-21(28-20(23)27,11-15-12-24-18-10-6-5-9-16(15)18)19(26)25-13-17(22)14-7-3-2-4-8-14/h2-10,12,17,24H,11,13,22H2,1H3,(H2,23,27)(H,25,26). The van der Waals surface area contributed by atoms with Gasteiger partial charge >= 0.3 is 6.09 Å². The highest BCUT2D eigenvalue weighted by atomic mass is 16.6. The Labute approximate surface area is 163 Å². The number of rotatable bonds is 7. The zero-order chi connectivity index (χ0) is 20.1. The molecular formula is C21H24N4O3. The third-order valence-corrected chi connectivity index (χ3v) is 4.72. The average molecular weight is 380 g/mol. The molecule has 0 aliphatic rings. The molecule has 2 amide bonds. The Morgan fingerprint density at radius 1 is 1.14 bits per heavy atom. The van der Waals surface area contributed by atoms with Crippen molar-refractivity contribution in [1.82, 2.24) is 10.3 Å². The molecule has 146 valence electrons. The molecule has 0 saturated heterocycles. The average Bonchev–Trinajstić information content (AvgIpc) is 3.08. The molecule has 0 radical (unpaired) electrons. The molecule has 0 saturated carbocycles. The zero-order valence-electron chi connectivity index (χ0n) is 15.6. The Balaban J connectivity index is 1.76. The van der Waals surface area contributed by atoms with Crippen LogP contribution in [0.3, 0.4) is 0 Å². The maximum Gasteiger partial charge on any atom is 0.405 e. The number of H-pyrrole nitrogens is 1. The first-order valence-electron chi connectivity index (χ1n) is 9.01. The lowest BCUT2D eigenvalue weighted by Crippen LogP contribution is -2.51. The van der Waals surface area contributed by atoms with Crippen molar-refractivity contribution in [3.8, 4) is 0 Å². The van der Waals surface area contributed by atoms with Crippen molar-refractivity contribution in [2.75, 3.05) is 6.54 Å². The molecule has 3 aromatic rings. The molecule has 0 spiro atoms. The van der Waals surface area contributed by atoms with Gasteiger partial charge in [0.05, 0.1) is 0 Å². The van der Waals surface area contributed by atoms with E-state index in [1.165, 1.54) is 0 Å². The number of fused-ring (bicyclic) bond motifs is 1. The van der Waals surface area contributed by atoms with Crippen LogP contribution in [0.4, 0.5) is 4.79 Å². The Morgan fingerprint density at radius 3 is 2.54 bits per heavy atom. The van der Waals surface area contributed by atoms with Gasteiger partial charge in [0.15, 0.2) is 5.60 Å². The number of carbonyl (C=O) groups excluding carboxylic acids is 2. The molecule has 0 aliphatic heterocycles. The highest BCUT2D eigenvalue weighted by molar-refractivity contribution is 5.89. The summed E-state index contributed by atoms with van der Waals surface area (Å²) < 4.78 is 5.23. The lowest BCUT2D eigenvalue weighted by Gasteiger charge is -2.28. The third kappa shape index (κ3) is 4.32. The maximum absolute atomic E-state index is 12.9. The van der Waals surface area contributed by atoms with Gasteiger partial charge in [-0.15, -0.1) is 0 Å². The smallest absolute Gasteiger partial charge is 0.405 e. The van der Waals surface area contributed by atoms with E-state index < -0.39 is 17.6 Å². The zero-order valence-corrected chi connectivity index (χ0v) is 15.6. The van der Waals surface area contributed by atoms with Crippen LogP contribution in [0.2, 0.25) is 0 Å². The number of aromatic amines is 1. The van der Waals surface area contributed by atoms with Gasteiger partial charge in [-0.25, -0.2) is 4.79 Å². The predicted molar refractivity (Wildman–Crippen MR) is 107 cm³/mol. The molecule has 0 aliphatic carbocycles. The summed E-state index contributed by atoms with van der Waals surface area (Å²) in [6.45, 7) is 1.75. The van der Waals surface area contributed by atoms with Crippen LogP contribution < -0.4 is 16.8 Å². The quantitative estimate of drug-likeness (QED) is 0.502. The fourth-order valence-electron chi connectivity index (χ4n) is 3.23. The maximum atomic E-state index is 12.9. The summed E-state index contributed by atoms with van der Waals surface area (Å²) in [5, 5.41) is 3.73. The second-order valence-electron chi connectivity index (χ2n) is 6.92. The van der Waals surface area contributed by atoms with Gasteiger partial charge in [-0.2, -0.15) is 0 Å². The van der Waals surface area contributed by atoms with Gasteiger partial charge in [0.2, 0.25) is 0 Å². The Bertz CT molecular complexity index is 970. The van der Waals surface area contributed by atoms with E-state index in [2.05, 4.69) is 10.3 Å². The van der Waals surface area contributed by atoms with E-state index in [4.69, 9.17) is 16.2 Å². The second-order valence-corrected chi connectivity index (χ2v) is 6.92. The minimum absolute atomic E-state index is 0.173. The van der Waals surface area contributed by atoms with Crippen LogP contribution in [-0.2, 0) is 16.0 Å². The molecule has 2 aromatic carbocycles. The number of nitrogens with two attached hydrogens (primary N) is 2. The summed E-state index contributed by atoms with van der Waals surface area (Å²) >= 11 is 0. The number of nitrogens with one attached hydrogen (secondary N) is 2. The van der Waals surface area contributed by atoms with E-state index in [0.717, 1.165) is 22.0 Å². The number of benzene rings is 2. The molecule has 3 rings (SSSR count). The van der Waals surface area contributed by atoms with Gasteiger partial charge in [-0.1, -0.05) is 48.5 Å². The summed E-state index contributed by atoms with van der Waals surface area (Å²) in [6.07, 6.45) is 0.965. The first kappa shape index (κ1) is 19.4. The number of carbonyl (C=O) groups is 2. The lowest BCUT2D eigenvalue weighted by atomic mass is 9.94. The SMILES string of the molecule is CC(Cc1c[nH]c2ccccc12)(OC(N)=O)C(=O)NCC(N)c1ccccc1. The van der Waals surface area contributed by atoms with Crippen LogP contribution in [0, 0.1) is 0 Å². The van der Waals surface area contributed by atoms with Crippen LogP contribution in [0.25, 0.3) is 10.9 Å². The first-order valence-corrected chi connectivity index (χ1v) is 9.01. The van der Waals surface area contributed by atoms with Gasteiger partial charge in [-0.3, -0.25) is 4.79 Å². The highest BCUT2D eigenvalue weighted by Crippen LogP contribution is 2.25. The molecule has 28 heavy (non-hydrogen) atoms. The van der Waals surface area contributed by atoms with Gasteiger partial charge in [-0.05, 0) is 24.1 Å². The number of aromatic nitrogens is 1. The van der Waals surface area contributed by atoms with Crippen molar-refractivity contribution in [3.63, 3.8) is 0 Å². The minimum atomic E-state index is -1.47. The molecule has 1 heterocycles. The molecule has 2 unspecified atom stereocenters. The molecule has 0 fully saturated rings. The van der Waals surface area contributed by atoms with Crippen molar-refractivity contribution >= 4 is 22.9 Å². The topological polar surface area (TPSA) is 123 Å². The highest BCUT2D eigenvalue weighted by Gasteiger charge is 2.38. The third-order valence-electron chi connectivity index (χ3n) is 4.72. The number of ether oxygens (including phenoxy) is 1. The van der Waals surface area contributed by atoms with Gasteiger partial charge in [0.1, 0.15) is 0 Å². The van der Waals surface area contributed by atoms with Gasteiger partial charge < -0.3 is 26.5 Å². The molecule has 2 atom stereocenters. The molecule has 1 aromatic heterocycles. The second kappa shape index (κ2) is 8.14. The predicted octanol–water partition coefficient (Wildman–Crippen LogP) is 2.38. The lowest BCUT2D eigenvalue weighted by molar-refractivity contribution is -0.138. The molecule has 6 N–H and O–H groups in total. The number of para-hydroxylation sites is 1. The van der Waals surface area contributed by atoms with Crippen LogP contribution in [-0.4, -0.2) is 29.1 Å². The van der Waals surface area contributed by atoms with E-state index in [9.17, 15) is 9.59 Å². The summed E-state index contributed by atoms with van der Waals surface area (Å²) in [6, 6.07) is 16.8. The van der Waals surface area contributed by atoms with Crippen molar-refractivity contribution in [1.29, 1.82) is 0 Å². The summed E-state index contributed by atoms with van der Waals surface area (Å²) in [5.41, 5.74) is 12.6. The van der Waals surface area contributed by atoms with E-state index >= 15 is 0 Å². The molecule has 7 heteroatoms.